The van der Waals surface area contributed by atoms with Gasteiger partial charge >= 0.3 is 6.61 Å². The third-order valence-electron chi connectivity index (χ3n) is 4.58. The Kier molecular flexibility index (Phi) is 7.01. The van der Waals surface area contributed by atoms with Crippen LogP contribution in [-0.4, -0.2) is 19.6 Å². The maximum atomic E-state index is 12.8. The number of nitrogens with one attached hydrogen (secondary N) is 1. The Morgan fingerprint density at radius 2 is 1.70 bits per heavy atom. The van der Waals surface area contributed by atoms with Crippen LogP contribution in [0.5, 0.6) is 11.5 Å². The average Bonchev–Trinajstić information content (AvgIpc) is 2.70. The number of rotatable bonds is 8. The van der Waals surface area contributed by atoms with Crippen LogP contribution in [0.4, 0.5) is 14.5 Å². The van der Waals surface area contributed by atoms with Gasteiger partial charge in [-0.25, -0.2) is 0 Å². The minimum absolute atomic E-state index is 0.0900. The Labute approximate surface area is 174 Å². The van der Waals surface area contributed by atoms with E-state index < -0.39 is 6.61 Å². The summed E-state index contributed by atoms with van der Waals surface area (Å²) in [6, 6.07) is 19.8. The van der Waals surface area contributed by atoms with Crippen LogP contribution in [0.3, 0.4) is 0 Å². The van der Waals surface area contributed by atoms with E-state index in [2.05, 4.69) is 10.1 Å². The van der Waals surface area contributed by atoms with Crippen LogP contribution < -0.4 is 14.8 Å². The summed E-state index contributed by atoms with van der Waals surface area (Å²) in [6.45, 7) is -0.980. The summed E-state index contributed by atoms with van der Waals surface area (Å²) in [7, 11) is 1.56. The van der Waals surface area contributed by atoms with E-state index >= 15 is 0 Å². The van der Waals surface area contributed by atoms with E-state index in [4.69, 9.17) is 4.74 Å². The molecule has 6 heteroatoms. The van der Waals surface area contributed by atoms with E-state index in [1.54, 1.807) is 19.2 Å². The standard InChI is InChI=1S/C24H23F2NO3/c1-16-8-10-21(29-2)18(12-16)15-23(28)27-20-9-11-22(30-24(25)26)19(14-20)13-17-6-4-3-5-7-17/h3-12,14,24H,13,15H2,1-2H3,(H,27,28). The molecule has 0 aliphatic rings. The van der Waals surface area contributed by atoms with Gasteiger partial charge in [-0.2, -0.15) is 8.78 Å². The number of carbonyl (C=O) groups is 1. The average molecular weight is 411 g/mol. The number of hydrogen-bond acceptors (Lipinski definition) is 3. The predicted molar refractivity (Wildman–Crippen MR) is 112 cm³/mol. The van der Waals surface area contributed by atoms with E-state index in [1.807, 2.05) is 55.5 Å². The summed E-state index contributed by atoms with van der Waals surface area (Å²) in [5.41, 5.74) is 3.82. The zero-order valence-electron chi connectivity index (χ0n) is 16.8. The first-order valence-corrected chi connectivity index (χ1v) is 9.49. The van der Waals surface area contributed by atoms with Crippen LogP contribution in [0.25, 0.3) is 0 Å². The first-order valence-electron chi connectivity index (χ1n) is 9.49. The first kappa shape index (κ1) is 21.3. The third kappa shape index (κ3) is 5.80. The van der Waals surface area contributed by atoms with E-state index in [1.165, 1.54) is 6.07 Å². The molecule has 0 saturated heterocycles. The van der Waals surface area contributed by atoms with Gasteiger partial charge in [0.05, 0.1) is 13.5 Å². The van der Waals surface area contributed by atoms with Gasteiger partial charge in [0.25, 0.3) is 0 Å². The lowest BCUT2D eigenvalue weighted by molar-refractivity contribution is -0.115. The molecular formula is C24H23F2NO3. The van der Waals surface area contributed by atoms with Crippen molar-refractivity contribution in [3.05, 3.63) is 89.0 Å². The molecule has 1 amide bonds. The van der Waals surface area contributed by atoms with Crippen molar-refractivity contribution >= 4 is 11.6 Å². The summed E-state index contributed by atoms with van der Waals surface area (Å²) < 4.78 is 35.6. The van der Waals surface area contributed by atoms with Gasteiger partial charge in [-0.05, 0) is 36.8 Å². The molecule has 0 radical (unpaired) electrons. The molecule has 0 saturated carbocycles. The number of hydrogen-bond donors (Lipinski definition) is 1. The molecule has 156 valence electrons. The summed E-state index contributed by atoms with van der Waals surface area (Å²) in [6.07, 6.45) is 0.534. The minimum atomic E-state index is -2.92. The summed E-state index contributed by atoms with van der Waals surface area (Å²) in [4.78, 5) is 12.6. The highest BCUT2D eigenvalue weighted by Gasteiger charge is 2.14. The number of methoxy groups -OCH3 is 1. The van der Waals surface area contributed by atoms with Gasteiger partial charge in [-0.1, -0.05) is 48.0 Å². The van der Waals surface area contributed by atoms with Gasteiger partial charge in [0.15, 0.2) is 0 Å². The fourth-order valence-electron chi connectivity index (χ4n) is 3.25. The molecule has 3 aromatic carbocycles. The van der Waals surface area contributed by atoms with E-state index in [9.17, 15) is 13.6 Å². The Bertz CT molecular complexity index is 1010. The summed E-state index contributed by atoms with van der Waals surface area (Å²) in [5.74, 6) is 0.500. The van der Waals surface area contributed by atoms with Crippen LogP contribution in [0, 0.1) is 6.92 Å². The van der Waals surface area contributed by atoms with Gasteiger partial charge in [-0.15, -0.1) is 0 Å². The van der Waals surface area contributed by atoms with Crippen molar-refractivity contribution in [2.45, 2.75) is 26.4 Å². The Hall–Kier alpha value is -3.41. The molecule has 0 spiro atoms. The number of anilines is 1. The first-order chi connectivity index (χ1) is 14.4. The zero-order chi connectivity index (χ0) is 21.5. The van der Waals surface area contributed by atoms with Crippen molar-refractivity contribution in [1.29, 1.82) is 0 Å². The van der Waals surface area contributed by atoms with Crippen LogP contribution in [-0.2, 0) is 17.6 Å². The van der Waals surface area contributed by atoms with E-state index in [0.717, 1.165) is 16.7 Å². The van der Waals surface area contributed by atoms with E-state index in [-0.39, 0.29) is 18.1 Å². The highest BCUT2D eigenvalue weighted by Crippen LogP contribution is 2.27. The van der Waals surface area contributed by atoms with Crippen LogP contribution >= 0.6 is 0 Å². The topological polar surface area (TPSA) is 47.6 Å². The maximum absolute atomic E-state index is 12.8. The largest absolute Gasteiger partial charge is 0.496 e. The second kappa shape index (κ2) is 9.87. The molecule has 3 aromatic rings. The fourth-order valence-corrected chi connectivity index (χ4v) is 3.25. The highest BCUT2D eigenvalue weighted by molar-refractivity contribution is 5.92. The molecule has 0 bridgehead atoms. The van der Waals surface area contributed by atoms with Crippen molar-refractivity contribution in [3.63, 3.8) is 0 Å². The van der Waals surface area contributed by atoms with Crippen LogP contribution in [0.15, 0.2) is 66.7 Å². The minimum Gasteiger partial charge on any atom is -0.496 e. The second-order valence-corrected chi connectivity index (χ2v) is 6.90. The van der Waals surface area contributed by atoms with Crippen molar-refractivity contribution in [1.82, 2.24) is 0 Å². The summed E-state index contributed by atoms with van der Waals surface area (Å²) in [5, 5.41) is 2.83. The molecule has 4 nitrogen and oxygen atoms in total. The molecule has 0 aliphatic heterocycles. The molecular weight excluding hydrogens is 388 g/mol. The molecule has 0 aromatic heterocycles. The van der Waals surface area contributed by atoms with E-state index in [0.29, 0.717) is 23.4 Å². The normalized spacial score (nSPS) is 10.7. The molecule has 30 heavy (non-hydrogen) atoms. The second-order valence-electron chi connectivity index (χ2n) is 6.90. The third-order valence-corrected chi connectivity index (χ3v) is 4.58. The number of alkyl halides is 2. The Morgan fingerprint density at radius 3 is 2.40 bits per heavy atom. The molecule has 3 rings (SSSR count). The van der Waals surface area contributed by atoms with Crippen LogP contribution in [0.2, 0.25) is 0 Å². The number of ether oxygens (including phenoxy) is 2. The number of halogens is 2. The number of carbonyl (C=O) groups excluding carboxylic acids is 1. The molecule has 0 unspecified atom stereocenters. The van der Waals surface area contributed by atoms with Gasteiger partial charge in [0, 0.05) is 23.2 Å². The Balaban J connectivity index is 1.79. The lowest BCUT2D eigenvalue weighted by atomic mass is 10.0. The smallest absolute Gasteiger partial charge is 0.387 e. The molecule has 1 N–H and O–H groups in total. The zero-order valence-corrected chi connectivity index (χ0v) is 16.8. The molecule has 0 fully saturated rings. The fraction of sp³-hybridized carbons (Fsp3) is 0.208. The number of aryl methyl sites for hydroxylation is 1. The summed E-state index contributed by atoms with van der Waals surface area (Å²) >= 11 is 0. The lowest BCUT2D eigenvalue weighted by Crippen LogP contribution is -2.15. The predicted octanol–water partition coefficient (Wildman–Crippen LogP) is 5.38. The van der Waals surface area contributed by atoms with Crippen molar-refractivity contribution < 1.29 is 23.0 Å². The molecule has 0 heterocycles. The molecule has 0 aliphatic carbocycles. The SMILES string of the molecule is COc1ccc(C)cc1CC(=O)Nc1ccc(OC(F)F)c(Cc2ccccc2)c1. The highest BCUT2D eigenvalue weighted by atomic mass is 19.3. The number of amides is 1. The van der Waals surface area contributed by atoms with Crippen molar-refractivity contribution in [2.24, 2.45) is 0 Å². The van der Waals surface area contributed by atoms with Gasteiger partial charge < -0.3 is 14.8 Å². The quantitative estimate of drug-likeness (QED) is 0.542. The van der Waals surface area contributed by atoms with Gasteiger partial charge in [0.2, 0.25) is 5.91 Å². The molecule has 0 atom stereocenters. The van der Waals surface area contributed by atoms with Gasteiger partial charge in [0.1, 0.15) is 11.5 Å². The van der Waals surface area contributed by atoms with Crippen molar-refractivity contribution in [3.8, 4) is 11.5 Å². The number of benzene rings is 3. The van der Waals surface area contributed by atoms with Crippen molar-refractivity contribution in [2.75, 3.05) is 12.4 Å². The van der Waals surface area contributed by atoms with Crippen LogP contribution in [0.1, 0.15) is 22.3 Å². The maximum Gasteiger partial charge on any atom is 0.387 e. The Morgan fingerprint density at radius 1 is 0.967 bits per heavy atom. The van der Waals surface area contributed by atoms with Gasteiger partial charge in [-0.3, -0.25) is 4.79 Å². The monoisotopic (exact) mass is 411 g/mol. The lowest BCUT2D eigenvalue weighted by Gasteiger charge is -2.14.